The monoisotopic (exact) mass is 211 g/mol. The fraction of sp³-hybridized carbons (Fsp3) is 0.300. The molecule has 1 heterocycles. The van der Waals surface area contributed by atoms with Crippen LogP contribution in [0.3, 0.4) is 0 Å². The van der Waals surface area contributed by atoms with Gasteiger partial charge in [-0.1, -0.05) is 36.0 Å². The highest BCUT2D eigenvalue weighted by Gasteiger charge is 2.19. The van der Waals surface area contributed by atoms with E-state index in [1.165, 1.54) is 5.56 Å². The predicted molar refractivity (Wildman–Crippen MR) is 59.4 cm³/mol. The fourth-order valence-corrected chi connectivity index (χ4v) is 1.99. The van der Waals surface area contributed by atoms with Gasteiger partial charge in [-0.3, -0.25) is 0 Å². The molecule has 1 atom stereocenters. The molecule has 0 radical (unpaired) electrons. The number of hydrogen-bond acceptors (Lipinski definition) is 1. The largest absolute Gasteiger partial charge is 0.379 e. The molecule has 0 saturated carbocycles. The summed E-state index contributed by atoms with van der Waals surface area (Å²) in [5.41, 5.74) is 1.32. The van der Waals surface area contributed by atoms with Crippen molar-refractivity contribution in [3.8, 4) is 0 Å². The average molecular weight is 212 g/mol. The van der Waals surface area contributed by atoms with E-state index in [0.717, 1.165) is 23.0 Å². The first-order valence-corrected chi connectivity index (χ1v) is 5.06. The van der Waals surface area contributed by atoms with Crippen molar-refractivity contribution in [2.75, 3.05) is 6.54 Å². The Labute approximate surface area is 88.1 Å². The van der Waals surface area contributed by atoms with Crippen LogP contribution in [0, 0.1) is 0 Å². The van der Waals surface area contributed by atoms with E-state index in [1.807, 2.05) is 12.1 Å². The Kier molecular flexibility index (Phi) is 2.51. The molecule has 1 aliphatic rings. The quantitative estimate of drug-likeness (QED) is 0.717. The van der Waals surface area contributed by atoms with Crippen LogP contribution >= 0.6 is 23.8 Å². The van der Waals surface area contributed by atoms with Gasteiger partial charge in [-0.2, -0.15) is 0 Å². The molecule has 0 spiro atoms. The van der Waals surface area contributed by atoms with E-state index in [4.69, 9.17) is 23.8 Å². The molecule has 1 aromatic carbocycles. The average Bonchev–Trinajstić information content (AvgIpc) is 2.53. The summed E-state index contributed by atoms with van der Waals surface area (Å²) in [6.45, 7) is 0.959. The minimum absolute atomic E-state index is 0.532. The second-order valence-electron chi connectivity index (χ2n) is 3.26. The van der Waals surface area contributed by atoms with Gasteiger partial charge in [0.15, 0.2) is 0 Å². The van der Waals surface area contributed by atoms with Gasteiger partial charge in [-0.15, -0.1) is 0 Å². The van der Waals surface area contributed by atoms with Gasteiger partial charge in [0.1, 0.15) is 0 Å². The molecule has 0 aromatic heterocycles. The first-order valence-electron chi connectivity index (χ1n) is 4.28. The van der Waals surface area contributed by atoms with E-state index in [9.17, 15) is 0 Å². The third-order valence-electron chi connectivity index (χ3n) is 2.32. The topological polar surface area (TPSA) is 12.0 Å². The van der Waals surface area contributed by atoms with Crippen LogP contribution in [0.1, 0.15) is 17.9 Å². The van der Waals surface area contributed by atoms with Crippen molar-refractivity contribution in [2.45, 2.75) is 12.3 Å². The number of hydrogen-bond donors (Lipinski definition) is 1. The molecule has 13 heavy (non-hydrogen) atoms. The maximum atomic E-state index is 5.81. The van der Waals surface area contributed by atoms with Gasteiger partial charge in [-0.05, 0) is 17.7 Å². The summed E-state index contributed by atoms with van der Waals surface area (Å²) in [6.07, 6.45) is 0.969. The fourth-order valence-electron chi connectivity index (χ4n) is 1.58. The second-order valence-corrected chi connectivity index (χ2v) is 4.19. The third kappa shape index (κ3) is 2.01. The smallest absolute Gasteiger partial charge is 0.0760 e. The number of nitrogens with one attached hydrogen (secondary N) is 1. The second kappa shape index (κ2) is 3.64. The van der Waals surface area contributed by atoms with Crippen molar-refractivity contribution in [2.24, 2.45) is 0 Å². The maximum absolute atomic E-state index is 5.81. The third-order valence-corrected chi connectivity index (χ3v) is 2.88. The molecule has 0 aliphatic carbocycles. The number of benzene rings is 1. The first-order chi connectivity index (χ1) is 6.25. The molecule has 2 rings (SSSR count). The zero-order valence-corrected chi connectivity index (χ0v) is 8.66. The van der Waals surface area contributed by atoms with Gasteiger partial charge >= 0.3 is 0 Å². The molecule has 1 nitrogen and oxygen atoms in total. The highest BCUT2D eigenvalue weighted by Crippen LogP contribution is 2.24. The van der Waals surface area contributed by atoms with Crippen molar-refractivity contribution in [3.05, 3.63) is 34.9 Å². The molecule has 1 N–H and O–H groups in total. The Morgan fingerprint density at radius 2 is 2.00 bits per heavy atom. The number of halogens is 1. The zero-order valence-electron chi connectivity index (χ0n) is 7.09. The van der Waals surface area contributed by atoms with E-state index in [-0.39, 0.29) is 0 Å². The van der Waals surface area contributed by atoms with Crippen LogP contribution in [-0.4, -0.2) is 11.5 Å². The maximum Gasteiger partial charge on any atom is 0.0760 e. The summed E-state index contributed by atoms with van der Waals surface area (Å²) in [6, 6.07) is 8.00. The van der Waals surface area contributed by atoms with E-state index in [0.29, 0.717) is 5.92 Å². The van der Waals surface area contributed by atoms with E-state index in [1.54, 1.807) is 0 Å². The van der Waals surface area contributed by atoms with Crippen molar-refractivity contribution >= 4 is 28.8 Å². The van der Waals surface area contributed by atoms with Crippen molar-refractivity contribution in [1.29, 1.82) is 0 Å². The molecule has 1 saturated heterocycles. The van der Waals surface area contributed by atoms with Gasteiger partial charge in [0.25, 0.3) is 0 Å². The van der Waals surface area contributed by atoms with Crippen molar-refractivity contribution in [1.82, 2.24) is 5.32 Å². The Morgan fingerprint density at radius 3 is 2.54 bits per heavy atom. The Hall–Kier alpha value is -0.600. The number of thiocarbonyl (C=S) groups is 1. The highest BCUT2D eigenvalue weighted by atomic mass is 35.5. The van der Waals surface area contributed by atoms with Crippen LogP contribution in [-0.2, 0) is 0 Å². The summed E-state index contributed by atoms with van der Waals surface area (Å²) in [5, 5.41) is 3.97. The summed E-state index contributed by atoms with van der Waals surface area (Å²) in [5.74, 6) is 0.532. The lowest BCUT2D eigenvalue weighted by Crippen LogP contribution is -2.11. The molecule has 0 amide bonds. The lowest BCUT2D eigenvalue weighted by Gasteiger charge is -2.06. The standard InChI is InChI=1S/C10H10ClNS/c11-9-3-1-7(2-4-9)8-5-10(13)12-6-8/h1-4,8H,5-6H2,(H,12,13). The molecule has 1 fully saturated rings. The van der Waals surface area contributed by atoms with E-state index < -0.39 is 0 Å². The van der Waals surface area contributed by atoms with E-state index >= 15 is 0 Å². The zero-order chi connectivity index (χ0) is 9.26. The summed E-state index contributed by atoms with van der Waals surface area (Å²) < 4.78 is 0. The van der Waals surface area contributed by atoms with Gasteiger partial charge in [-0.25, -0.2) is 0 Å². The Morgan fingerprint density at radius 1 is 1.31 bits per heavy atom. The van der Waals surface area contributed by atoms with Crippen LogP contribution in [0.5, 0.6) is 0 Å². The van der Waals surface area contributed by atoms with E-state index in [2.05, 4.69) is 17.4 Å². The van der Waals surface area contributed by atoms with Crippen LogP contribution < -0.4 is 5.32 Å². The lowest BCUT2D eigenvalue weighted by molar-refractivity contribution is 0.764. The van der Waals surface area contributed by atoms with Gasteiger partial charge in [0, 0.05) is 23.9 Å². The number of rotatable bonds is 1. The molecule has 1 aromatic rings. The highest BCUT2D eigenvalue weighted by molar-refractivity contribution is 7.80. The van der Waals surface area contributed by atoms with Crippen LogP contribution in [0.25, 0.3) is 0 Å². The molecule has 1 unspecified atom stereocenters. The van der Waals surface area contributed by atoms with Crippen LogP contribution in [0.2, 0.25) is 5.02 Å². The molecule has 3 heteroatoms. The lowest BCUT2D eigenvalue weighted by atomic mass is 9.99. The van der Waals surface area contributed by atoms with Crippen LogP contribution in [0.4, 0.5) is 0 Å². The minimum atomic E-state index is 0.532. The van der Waals surface area contributed by atoms with Gasteiger partial charge < -0.3 is 5.32 Å². The summed E-state index contributed by atoms with van der Waals surface area (Å²) in [7, 11) is 0. The SMILES string of the molecule is S=C1CC(c2ccc(Cl)cc2)CN1. The summed E-state index contributed by atoms with van der Waals surface area (Å²) >= 11 is 10.9. The van der Waals surface area contributed by atoms with Crippen molar-refractivity contribution in [3.63, 3.8) is 0 Å². The molecule has 68 valence electrons. The predicted octanol–water partition coefficient (Wildman–Crippen LogP) is 2.74. The Balaban J connectivity index is 2.17. The normalized spacial score (nSPS) is 21.6. The molecular weight excluding hydrogens is 202 g/mol. The summed E-state index contributed by atoms with van der Waals surface area (Å²) in [4.78, 5) is 0.972. The Bertz CT molecular complexity index is 320. The van der Waals surface area contributed by atoms with Gasteiger partial charge in [0.2, 0.25) is 0 Å². The van der Waals surface area contributed by atoms with Crippen molar-refractivity contribution < 1.29 is 0 Å². The van der Waals surface area contributed by atoms with Crippen LogP contribution in [0.15, 0.2) is 24.3 Å². The minimum Gasteiger partial charge on any atom is -0.379 e. The molecule has 0 bridgehead atoms. The first kappa shape index (κ1) is 8.97. The molecular formula is C10H10ClNS. The molecule has 1 aliphatic heterocycles. The van der Waals surface area contributed by atoms with Gasteiger partial charge in [0.05, 0.1) is 4.99 Å².